The van der Waals surface area contributed by atoms with Crippen molar-refractivity contribution < 1.29 is 13.2 Å². The lowest BCUT2D eigenvalue weighted by atomic mass is 10.1. The standard InChI is InChI=1S/C18H21N5O3S/c1-11(2)26-17-7-14-15(8-20-17)21-22-18(14)12-4-5-19-16(6-12)23-9-13(10-23)27(3,24)25/h4-8,11,13H,9-10H2,1-3H3,(H,21,22). The summed E-state index contributed by atoms with van der Waals surface area (Å²) in [7, 11) is -3.01. The molecule has 1 fully saturated rings. The van der Waals surface area contributed by atoms with Gasteiger partial charge in [0.1, 0.15) is 11.5 Å². The molecule has 0 saturated carbocycles. The number of hydrogen-bond acceptors (Lipinski definition) is 7. The minimum absolute atomic E-state index is 0.0343. The first-order valence-electron chi connectivity index (χ1n) is 8.72. The Bertz CT molecular complexity index is 1090. The maximum Gasteiger partial charge on any atom is 0.214 e. The summed E-state index contributed by atoms with van der Waals surface area (Å²) in [5.74, 6) is 1.30. The fourth-order valence-corrected chi connectivity index (χ4v) is 3.96. The topological polar surface area (TPSA) is 101 Å². The molecule has 4 heterocycles. The summed E-state index contributed by atoms with van der Waals surface area (Å²) >= 11 is 0. The number of hydrogen-bond donors (Lipinski definition) is 1. The molecular formula is C18H21N5O3S. The van der Waals surface area contributed by atoms with E-state index in [4.69, 9.17) is 4.74 Å². The van der Waals surface area contributed by atoms with E-state index in [1.165, 1.54) is 6.26 Å². The summed E-state index contributed by atoms with van der Waals surface area (Å²) in [6, 6.07) is 5.69. The molecule has 0 aromatic carbocycles. The van der Waals surface area contributed by atoms with Crippen LogP contribution in [0.5, 0.6) is 5.88 Å². The summed E-state index contributed by atoms with van der Waals surface area (Å²) in [5, 5.41) is 8.00. The Labute approximate surface area is 157 Å². The molecule has 0 radical (unpaired) electrons. The van der Waals surface area contributed by atoms with Gasteiger partial charge < -0.3 is 9.64 Å². The Hall–Kier alpha value is -2.68. The number of rotatable bonds is 5. The zero-order valence-corrected chi connectivity index (χ0v) is 16.2. The number of nitrogens with one attached hydrogen (secondary N) is 1. The third-order valence-corrected chi connectivity index (χ3v) is 6.08. The molecule has 1 aliphatic heterocycles. The second kappa shape index (κ2) is 6.49. The molecule has 3 aromatic heterocycles. The van der Waals surface area contributed by atoms with Gasteiger partial charge in [-0.3, -0.25) is 5.10 Å². The predicted octanol–water partition coefficient (Wildman–Crippen LogP) is 2.04. The van der Waals surface area contributed by atoms with Crippen LogP contribution in [0, 0.1) is 0 Å². The number of fused-ring (bicyclic) bond motifs is 1. The molecule has 0 atom stereocenters. The summed E-state index contributed by atoms with van der Waals surface area (Å²) in [5.41, 5.74) is 2.50. The van der Waals surface area contributed by atoms with Gasteiger partial charge in [0, 0.05) is 42.6 Å². The lowest BCUT2D eigenvalue weighted by Gasteiger charge is -2.38. The molecule has 4 rings (SSSR count). The van der Waals surface area contributed by atoms with Gasteiger partial charge in [-0.15, -0.1) is 0 Å². The third kappa shape index (κ3) is 3.46. The number of aromatic amines is 1. The van der Waals surface area contributed by atoms with E-state index in [1.54, 1.807) is 12.4 Å². The highest BCUT2D eigenvalue weighted by molar-refractivity contribution is 7.91. The SMILES string of the molecule is CC(C)Oc1cc2c(-c3ccnc(N4CC(S(C)(=O)=O)C4)c3)n[nH]c2cn1. The Kier molecular flexibility index (Phi) is 4.26. The fraction of sp³-hybridized carbons (Fsp3) is 0.389. The highest BCUT2D eigenvalue weighted by Gasteiger charge is 2.35. The Morgan fingerprint density at radius 3 is 2.74 bits per heavy atom. The molecular weight excluding hydrogens is 366 g/mol. The van der Waals surface area contributed by atoms with Crippen LogP contribution in [0.1, 0.15) is 13.8 Å². The minimum atomic E-state index is -3.01. The van der Waals surface area contributed by atoms with E-state index >= 15 is 0 Å². The molecule has 9 heteroatoms. The van der Waals surface area contributed by atoms with Crippen molar-refractivity contribution in [3.05, 3.63) is 30.6 Å². The van der Waals surface area contributed by atoms with Crippen LogP contribution in [0.3, 0.4) is 0 Å². The highest BCUT2D eigenvalue weighted by Crippen LogP contribution is 2.31. The molecule has 0 amide bonds. The van der Waals surface area contributed by atoms with Crippen molar-refractivity contribution in [3.8, 4) is 17.1 Å². The molecule has 1 N–H and O–H groups in total. The fourth-order valence-electron chi connectivity index (χ4n) is 3.06. The molecule has 1 saturated heterocycles. The van der Waals surface area contributed by atoms with Crippen LogP contribution < -0.4 is 9.64 Å². The molecule has 142 valence electrons. The Morgan fingerprint density at radius 2 is 2.04 bits per heavy atom. The van der Waals surface area contributed by atoms with E-state index in [-0.39, 0.29) is 11.4 Å². The first kappa shape index (κ1) is 17.7. The van der Waals surface area contributed by atoms with Crippen molar-refractivity contribution in [3.63, 3.8) is 0 Å². The van der Waals surface area contributed by atoms with E-state index in [1.807, 2.05) is 36.9 Å². The monoisotopic (exact) mass is 387 g/mol. The van der Waals surface area contributed by atoms with Gasteiger partial charge in [-0.1, -0.05) is 0 Å². The van der Waals surface area contributed by atoms with Gasteiger partial charge in [0.05, 0.1) is 23.1 Å². The number of nitrogens with zero attached hydrogens (tertiary/aromatic N) is 4. The van der Waals surface area contributed by atoms with Gasteiger partial charge in [0.15, 0.2) is 9.84 Å². The quantitative estimate of drug-likeness (QED) is 0.715. The third-order valence-electron chi connectivity index (χ3n) is 4.58. The van der Waals surface area contributed by atoms with Crippen molar-refractivity contribution in [1.82, 2.24) is 20.2 Å². The number of H-pyrrole nitrogens is 1. The van der Waals surface area contributed by atoms with Gasteiger partial charge in [-0.2, -0.15) is 5.10 Å². The predicted molar refractivity (Wildman–Crippen MR) is 104 cm³/mol. The van der Waals surface area contributed by atoms with Crippen LogP contribution in [0.25, 0.3) is 22.2 Å². The van der Waals surface area contributed by atoms with Gasteiger partial charge in [0.25, 0.3) is 0 Å². The van der Waals surface area contributed by atoms with E-state index < -0.39 is 9.84 Å². The molecule has 3 aromatic rings. The second-order valence-corrected chi connectivity index (χ2v) is 9.39. The summed E-state index contributed by atoms with van der Waals surface area (Å²) in [4.78, 5) is 10.6. The van der Waals surface area contributed by atoms with E-state index in [9.17, 15) is 8.42 Å². The number of pyridine rings is 2. The van der Waals surface area contributed by atoms with Crippen molar-refractivity contribution in [2.45, 2.75) is 25.2 Å². The summed E-state index contributed by atoms with van der Waals surface area (Å²) in [6.45, 7) is 4.84. The van der Waals surface area contributed by atoms with E-state index in [0.717, 1.165) is 28.0 Å². The summed E-state index contributed by atoms with van der Waals surface area (Å²) < 4.78 is 28.9. The van der Waals surface area contributed by atoms with E-state index in [0.29, 0.717) is 19.0 Å². The molecule has 8 nitrogen and oxygen atoms in total. The minimum Gasteiger partial charge on any atom is -0.475 e. The molecule has 0 spiro atoms. The molecule has 0 aliphatic carbocycles. The molecule has 27 heavy (non-hydrogen) atoms. The van der Waals surface area contributed by atoms with Gasteiger partial charge in [-0.25, -0.2) is 18.4 Å². The average Bonchev–Trinajstić information content (AvgIpc) is 2.95. The van der Waals surface area contributed by atoms with Crippen LogP contribution in [0.4, 0.5) is 5.82 Å². The van der Waals surface area contributed by atoms with Crippen LogP contribution in [0.15, 0.2) is 30.6 Å². The zero-order chi connectivity index (χ0) is 19.2. The first-order chi connectivity index (χ1) is 12.8. The van der Waals surface area contributed by atoms with Crippen molar-refractivity contribution >= 4 is 26.6 Å². The van der Waals surface area contributed by atoms with Crippen LogP contribution in [0.2, 0.25) is 0 Å². The van der Waals surface area contributed by atoms with Crippen molar-refractivity contribution in [1.29, 1.82) is 0 Å². The molecule has 0 unspecified atom stereocenters. The maximum absolute atomic E-state index is 11.6. The first-order valence-corrected chi connectivity index (χ1v) is 10.7. The lowest BCUT2D eigenvalue weighted by molar-refractivity contribution is 0.233. The van der Waals surface area contributed by atoms with Gasteiger partial charge >= 0.3 is 0 Å². The average molecular weight is 387 g/mol. The van der Waals surface area contributed by atoms with Crippen LogP contribution in [-0.4, -0.2) is 59.3 Å². The summed E-state index contributed by atoms with van der Waals surface area (Å²) in [6.07, 6.45) is 4.73. The Balaban J connectivity index is 1.64. The number of ether oxygens (including phenoxy) is 1. The van der Waals surface area contributed by atoms with Crippen LogP contribution in [-0.2, 0) is 9.84 Å². The number of sulfone groups is 1. The van der Waals surface area contributed by atoms with Crippen molar-refractivity contribution in [2.75, 3.05) is 24.2 Å². The Morgan fingerprint density at radius 1 is 1.26 bits per heavy atom. The maximum atomic E-state index is 11.6. The smallest absolute Gasteiger partial charge is 0.214 e. The van der Waals surface area contributed by atoms with Gasteiger partial charge in [0.2, 0.25) is 5.88 Å². The lowest BCUT2D eigenvalue weighted by Crippen LogP contribution is -2.54. The molecule has 1 aliphatic rings. The highest BCUT2D eigenvalue weighted by atomic mass is 32.2. The van der Waals surface area contributed by atoms with Crippen LogP contribution >= 0.6 is 0 Å². The van der Waals surface area contributed by atoms with Gasteiger partial charge in [-0.05, 0) is 26.0 Å². The van der Waals surface area contributed by atoms with E-state index in [2.05, 4.69) is 20.2 Å². The molecule has 0 bridgehead atoms. The number of aromatic nitrogens is 4. The van der Waals surface area contributed by atoms with Crippen molar-refractivity contribution in [2.24, 2.45) is 0 Å². The zero-order valence-electron chi connectivity index (χ0n) is 15.4. The second-order valence-electron chi connectivity index (χ2n) is 7.07. The normalized spacial score (nSPS) is 15.3. The number of anilines is 1. The largest absolute Gasteiger partial charge is 0.475 e.